The maximum atomic E-state index is 12.8. The molecule has 4 rings (SSSR count). The topological polar surface area (TPSA) is 51.5 Å². The van der Waals surface area contributed by atoms with E-state index >= 15 is 0 Å². The second-order valence-electron chi connectivity index (χ2n) is 8.79. The van der Waals surface area contributed by atoms with Gasteiger partial charge in [-0.1, -0.05) is 68.9 Å². The van der Waals surface area contributed by atoms with Crippen LogP contribution in [0.25, 0.3) is 16.6 Å². The Morgan fingerprint density at radius 1 is 1.00 bits per heavy atom. The molecule has 0 aliphatic rings. The van der Waals surface area contributed by atoms with Crippen LogP contribution in [-0.2, 0) is 4.74 Å². The number of benzene rings is 3. The maximum absolute atomic E-state index is 12.8. The molecule has 0 aliphatic carbocycles. The lowest BCUT2D eigenvalue weighted by Crippen LogP contribution is -2.24. The monoisotopic (exact) mass is 579 g/mol. The lowest BCUT2D eigenvalue weighted by atomic mass is 10.0. The largest absolute Gasteiger partial charge is 0.456 e. The van der Waals surface area contributed by atoms with Gasteiger partial charge in [0.25, 0.3) is 0 Å². The minimum atomic E-state index is -1.26. The van der Waals surface area contributed by atoms with Crippen LogP contribution in [0.4, 0.5) is 0 Å². The van der Waals surface area contributed by atoms with E-state index in [1.807, 2.05) is 41.0 Å². The summed E-state index contributed by atoms with van der Waals surface area (Å²) < 4.78 is 8.17. The van der Waals surface area contributed by atoms with E-state index in [9.17, 15) is 9.90 Å². The lowest BCUT2D eigenvalue weighted by molar-refractivity contribution is 0.00695. The highest BCUT2D eigenvalue weighted by molar-refractivity contribution is 9.10. The van der Waals surface area contributed by atoms with Crippen molar-refractivity contribution in [3.05, 3.63) is 97.0 Å². The normalized spacial score (nSPS) is 12.7. The fourth-order valence-electron chi connectivity index (χ4n) is 3.78. The standard InChI is InChI=1S/C26H21BrCl3NO3/c1-26(2,3)34-25(33)16-9-10-18(28)22(23(16)30)24(32)21-13-17-19(29)11-14(27)12-20(17)31(21)15-7-5-4-6-8-15/h4-13,24,32H,1-3H3. The Morgan fingerprint density at radius 2 is 1.68 bits per heavy atom. The van der Waals surface area contributed by atoms with Crippen molar-refractivity contribution >= 4 is 67.6 Å². The number of para-hydroxylation sites is 1. The van der Waals surface area contributed by atoms with Crippen LogP contribution in [0.1, 0.15) is 48.5 Å². The average Bonchev–Trinajstić information content (AvgIpc) is 3.12. The summed E-state index contributed by atoms with van der Waals surface area (Å²) in [6, 6.07) is 18.1. The van der Waals surface area contributed by atoms with Gasteiger partial charge in [-0.3, -0.25) is 0 Å². The van der Waals surface area contributed by atoms with Crippen molar-refractivity contribution in [2.45, 2.75) is 32.5 Å². The first kappa shape index (κ1) is 25.1. The van der Waals surface area contributed by atoms with E-state index in [1.165, 1.54) is 12.1 Å². The highest BCUT2D eigenvalue weighted by Crippen LogP contribution is 2.41. The fraction of sp³-hybridized carbons (Fsp3) is 0.192. The van der Waals surface area contributed by atoms with Gasteiger partial charge in [-0.2, -0.15) is 0 Å². The van der Waals surface area contributed by atoms with Crippen LogP contribution in [0.5, 0.6) is 0 Å². The number of esters is 1. The predicted octanol–water partition coefficient (Wildman–Crippen LogP) is 8.39. The molecule has 176 valence electrons. The van der Waals surface area contributed by atoms with Crippen molar-refractivity contribution in [3.63, 3.8) is 0 Å². The van der Waals surface area contributed by atoms with Crippen molar-refractivity contribution in [2.75, 3.05) is 0 Å². The summed E-state index contributed by atoms with van der Waals surface area (Å²) >= 11 is 23.2. The van der Waals surface area contributed by atoms with Crippen molar-refractivity contribution in [2.24, 2.45) is 0 Å². The molecule has 4 nitrogen and oxygen atoms in total. The maximum Gasteiger partial charge on any atom is 0.340 e. The van der Waals surface area contributed by atoms with Crippen LogP contribution in [0.3, 0.4) is 0 Å². The second-order valence-corrected chi connectivity index (χ2v) is 10.9. The molecule has 0 saturated carbocycles. The average molecular weight is 582 g/mol. The molecule has 1 atom stereocenters. The van der Waals surface area contributed by atoms with E-state index in [2.05, 4.69) is 15.9 Å². The molecule has 0 amide bonds. The third-order valence-electron chi connectivity index (χ3n) is 5.18. The van der Waals surface area contributed by atoms with Gasteiger partial charge in [-0.25, -0.2) is 4.79 Å². The summed E-state index contributed by atoms with van der Waals surface area (Å²) in [7, 11) is 0. The predicted molar refractivity (Wildman–Crippen MR) is 142 cm³/mol. The number of fused-ring (bicyclic) bond motifs is 1. The first-order valence-corrected chi connectivity index (χ1v) is 12.4. The van der Waals surface area contributed by atoms with Gasteiger partial charge in [-0.05, 0) is 63.2 Å². The second kappa shape index (κ2) is 9.56. The van der Waals surface area contributed by atoms with E-state index in [1.54, 1.807) is 32.9 Å². The van der Waals surface area contributed by atoms with E-state index in [4.69, 9.17) is 39.5 Å². The zero-order valence-electron chi connectivity index (χ0n) is 18.6. The van der Waals surface area contributed by atoms with Gasteiger partial charge in [0.05, 0.1) is 26.8 Å². The van der Waals surface area contributed by atoms with Gasteiger partial charge < -0.3 is 14.4 Å². The van der Waals surface area contributed by atoms with Crippen molar-refractivity contribution < 1.29 is 14.6 Å². The Kier molecular flexibility index (Phi) is 7.05. The van der Waals surface area contributed by atoms with Crippen LogP contribution in [0, 0.1) is 0 Å². The summed E-state index contributed by atoms with van der Waals surface area (Å²) in [4.78, 5) is 12.8. The summed E-state index contributed by atoms with van der Waals surface area (Å²) in [5, 5.41) is 13.1. The van der Waals surface area contributed by atoms with E-state index in [0.717, 1.165) is 21.1 Å². The molecule has 1 unspecified atom stereocenters. The number of ether oxygens (including phenoxy) is 1. The molecule has 0 bridgehead atoms. The Bertz CT molecular complexity index is 1390. The lowest BCUT2D eigenvalue weighted by Gasteiger charge is -2.22. The molecule has 1 aromatic heterocycles. The number of hydrogen-bond acceptors (Lipinski definition) is 3. The first-order valence-electron chi connectivity index (χ1n) is 10.4. The van der Waals surface area contributed by atoms with E-state index in [0.29, 0.717) is 10.7 Å². The molecule has 0 aliphatic heterocycles. The molecule has 8 heteroatoms. The fourth-order valence-corrected chi connectivity index (χ4v) is 5.28. The molecular formula is C26H21BrCl3NO3. The first-order chi connectivity index (χ1) is 16.0. The van der Waals surface area contributed by atoms with Gasteiger partial charge in [0.15, 0.2) is 0 Å². The third kappa shape index (κ3) is 4.86. The SMILES string of the molecule is CC(C)(C)OC(=O)c1ccc(Cl)c(C(O)c2cc3c(Cl)cc(Br)cc3n2-c2ccccc2)c1Cl. The number of halogens is 4. The number of aliphatic hydroxyl groups excluding tert-OH is 1. The van der Waals surface area contributed by atoms with Crippen LogP contribution in [-0.4, -0.2) is 21.2 Å². The number of aromatic nitrogens is 1. The Labute approximate surface area is 221 Å². The summed E-state index contributed by atoms with van der Waals surface area (Å²) in [6.45, 7) is 5.31. The van der Waals surface area contributed by atoms with Crippen molar-refractivity contribution in [1.29, 1.82) is 0 Å². The number of rotatable bonds is 4. The van der Waals surface area contributed by atoms with Crippen LogP contribution < -0.4 is 0 Å². The molecule has 0 saturated heterocycles. The Morgan fingerprint density at radius 3 is 2.32 bits per heavy atom. The number of hydrogen-bond donors (Lipinski definition) is 1. The zero-order valence-corrected chi connectivity index (χ0v) is 22.4. The molecule has 0 spiro atoms. The molecule has 4 aromatic rings. The third-order valence-corrected chi connectivity index (χ3v) is 6.68. The summed E-state index contributed by atoms with van der Waals surface area (Å²) in [6.07, 6.45) is -1.26. The van der Waals surface area contributed by atoms with Gasteiger partial charge >= 0.3 is 5.97 Å². The minimum Gasteiger partial charge on any atom is -0.456 e. The number of nitrogens with zero attached hydrogens (tertiary/aromatic N) is 1. The molecule has 0 radical (unpaired) electrons. The molecule has 1 N–H and O–H groups in total. The van der Waals surface area contributed by atoms with Crippen LogP contribution in [0.2, 0.25) is 15.1 Å². The smallest absolute Gasteiger partial charge is 0.340 e. The molecule has 3 aromatic carbocycles. The number of carbonyl (C=O) groups is 1. The van der Waals surface area contributed by atoms with Crippen molar-refractivity contribution in [3.8, 4) is 5.69 Å². The molecular weight excluding hydrogens is 561 g/mol. The summed E-state index contributed by atoms with van der Waals surface area (Å²) in [5.74, 6) is -0.599. The summed E-state index contributed by atoms with van der Waals surface area (Å²) in [5.41, 5.74) is 1.72. The number of carbonyl (C=O) groups excluding carboxylic acids is 1. The highest BCUT2D eigenvalue weighted by Gasteiger charge is 2.28. The molecule has 0 fully saturated rings. The van der Waals surface area contributed by atoms with Crippen LogP contribution >= 0.6 is 50.7 Å². The number of aliphatic hydroxyl groups is 1. The molecule has 34 heavy (non-hydrogen) atoms. The van der Waals surface area contributed by atoms with E-state index in [-0.39, 0.29) is 21.2 Å². The van der Waals surface area contributed by atoms with Gasteiger partial charge in [-0.15, -0.1) is 0 Å². The Balaban J connectivity index is 1.94. The van der Waals surface area contributed by atoms with Crippen LogP contribution in [0.15, 0.2) is 65.1 Å². The van der Waals surface area contributed by atoms with Gasteiger partial charge in [0.2, 0.25) is 0 Å². The highest BCUT2D eigenvalue weighted by atomic mass is 79.9. The minimum absolute atomic E-state index is 0.0337. The van der Waals surface area contributed by atoms with Crippen molar-refractivity contribution in [1.82, 2.24) is 4.57 Å². The van der Waals surface area contributed by atoms with Gasteiger partial charge in [0, 0.05) is 26.1 Å². The van der Waals surface area contributed by atoms with Gasteiger partial charge in [0.1, 0.15) is 11.7 Å². The zero-order chi connectivity index (χ0) is 24.8. The Hall–Kier alpha value is -2.02. The van der Waals surface area contributed by atoms with E-state index < -0.39 is 17.7 Å². The molecule has 1 heterocycles. The quantitative estimate of drug-likeness (QED) is 0.246.